The van der Waals surface area contributed by atoms with E-state index in [1.807, 2.05) is 18.0 Å². The van der Waals surface area contributed by atoms with E-state index in [1.165, 1.54) is 0 Å². The van der Waals surface area contributed by atoms with E-state index in [1.54, 1.807) is 6.33 Å². The second kappa shape index (κ2) is 5.13. The third kappa shape index (κ3) is 2.42. The van der Waals surface area contributed by atoms with Crippen molar-refractivity contribution in [3.8, 4) is 0 Å². The molecule has 0 aromatic carbocycles. The van der Waals surface area contributed by atoms with Gasteiger partial charge in [0.25, 0.3) is 0 Å². The third-order valence-electron chi connectivity index (χ3n) is 4.74. The van der Waals surface area contributed by atoms with Crippen LogP contribution in [0.25, 0.3) is 0 Å². The Morgan fingerprint density at radius 1 is 1.50 bits per heavy atom. The second-order valence-corrected chi connectivity index (χ2v) is 6.31. The SMILES string of the molecule is CC1(N)CCCCC1C(=O)N1CCc2cncnc2C1. The Morgan fingerprint density at radius 3 is 3.15 bits per heavy atom. The summed E-state index contributed by atoms with van der Waals surface area (Å²) < 4.78 is 0. The summed E-state index contributed by atoms with van der Waals surface area (Å²) in [5.74, 6) is 0.165. The second-order valence-electron chi connectivity index (χ2n) is 6.31. The van der Waals surface area contributed by atoms with Crippen LogP contribution >= 0.6 is 0 Å². The molecule has 0 radical (unpaired) electrons. The monoisotopic (exact) mass is 274 g/mol. The zero-order chi connectivity index (χ0) is 14.2. The summed E-state index contributed by atoms with van der Waals surface area (Å²) in [6.07, 6.45) is 8.35. The Morgan fingerprint density at radius 2 is 2.35 bits per heavy atom. The maximum absolute atomic E-state index is 12.8. The van der Waals surface area contributed by atoms with Gasteiger partial charge in [0.15, 0.2) is 0 Å². The van der Waals surface area contributed by atoms with Gasteiger partial charge in [0, 0.05) is 18.3 Å². The number of carbonyl (C=O) groups excluding carboxylic acids is 1. The molecule has 20 heavy (non-hydrogen) atoms. The summed E-state index contributed by atoms with van der Waals surface area (Å²) in [4.78, 5) is 23.1. The van der Waals surface area contributed by atoms with Crippen molar-refractivity contribution in [3.05, 3.63) is 23.8 Å². The molecule has 3 rings (SSSR count). The summed E-state index contributed by atoms with van der Waals surface area (Å²) in [5, 5.41) is 0. The Labute approximate surface area is 119 Å². The normalized spacial score (nSPS) is 29.9. The molecule has 108 valence electrons. The van der Waals surface area contributed by atoms with Crippen LogP contribution in [0.5, 0.6) is 0 Å². The fourth-order valence-electron chi connectivity index (χ4n) is 3.42. The van der Waals surface area contributed by atoms with E-state index in [4.69, 9.17) is 5.73 Å². The van der Waals surface area contributed by atoms with Gasteiger partial charge in [-0.1, -0.05) is 12.8 Å². The highest BCUT2D eigenvalue weighted by molar-refractivity contribution is 5.80. The Balaban J connectivity index is 1.76. The zero-order valence-electron chi connectivity index (χ0n) is 12.0. The lowest BCUT2D eigenvalue weighted by Crippen LogP contribution is -2.54. The van der Waals surface area contributed by atoms with Gasteiger partial charge in [-0.3, -0.25) is 4.79 Å². The van der Waals surface area contributed by atoms with Crippen LogP contribution in [0.2, 0.25) is 0 Å². The van der Waals surface area contributed by atoms with Crippen LogP contribution in [-0.4, -0.2) is 32.9 Å². The summed E-state index contributed by atoms with van der Waals surface area (Å²) in [6.45, 7) is 3.38. The maximum Gasteiger partial charge on any atom is 0.227 e. The molecule has 1 aromatic heterocycles. The number of rotatable bonds is 1. The molecule has 1 aromatic rings. The van der Waals surface area contributed by atoms with Gasteiger partial charge in [-0.05, 0) is 31.7 Å². The number of hydrogen-bond donors (Lipinski definition) is 1. The average molecular weight is 274 g/mol. The molecule has 1 aliphatic carbocycles. The predicted octanol–water partition coefficient (Wildman–Crippen LogP) is 1.27. The van der Waals surface area contributed by atoms with Gasteiger partial charge < -0.3 is 10.6 Å². The van der Waals surface area contributed by atoms with E-state index in [0.717, 1.165) is 49.9 Å². The fourth-order valence-corrected chi connectivity index (χ4v) is 3.42. The van der Waals surface area contributed by atoms with Gasteiger partial charge in [-0.2, -0.15) is 0 Å². The molecule has 2 atom stereocenters. The lowest BCUT2D eigenvalue weighted by atomic mass is 9.74. The first-order valence-corrected chi connectivity index (χ1v) is 7.43. The highest BCUT2D eigenvalue weighted by Gasteiger charge is 2.40. The van der Waals surface area contributed by atoms with Crippen molar-refractivity contribution in [2.24, 2.45) is 11.7 Å². The molecule has 1 aliphatic heterocycles. The third-order valence-corrected chi connectivity index (χ3v) is 4.74. The van der Waals surface area contributed by atoms with Crippen molar-refractivity contribution in [3.63, 3.8) is 0 Å². The largest absolute Gasteiger partial charge is 0.336 e. The minimum absolute atomic E-state index is 0.0420. The van der Waals surface area contributed by atoms with E-state index in [9.17, 15) is 4.79 Å². The molecule has 2 aliphatic rings. The molecule has 1 saturated carbocycles. The minimum Gasteiger partial charge on any atom is -0.336 e. The average Bonchev–Trinajstić information content (AvgIpc) is 2.45. The van der Waals surface area contributed by atoms with Gasteiger partial charge in [0.1, 0.15) is 6.33 Å². The first kappa shape index (κ1) is 13.5. The first-order chi connectivity index (χ1) is 9.58. The van der Waals surface area contributed by atoms with E-state index < -0.39 is 0 Å². The molecule has 2 heterocycles. The molecule has 5 nitrogen and oxygen atoms in total. The van der Waals surface area contributed by atoms with Gasteiger partial charge in [0.2, 0.25) is 5.91 Å². The van der Waals surface area contributed by atoms with Crippen LogP contribution < -0.4 is 5.73 Å². The minimum atomic E-state index is -0.360. The lowest BCUT2D eigenvalue weighted by molar-refractivity contribution is -0.140. The van der Waals surface area contributed by atoms with Gasteiger partial charge in [-0.15, -0.1) is 0 Å². The Kier molecular flexibility index (Phi) is 3.46. The molecular weight excluding hydrogens is 252 g/mol. The predicted molar refractivity (Wildman–Crippen MR) is 75.7 cm³/mol. The summed E-state index contributed by atoms with van der Waals surface area (Å²) in [7, 11) is 0. The number of carbonyl (C=O) groups is 1. The van der Waals surface area contributed by atoms with Crippen LogP contribution in [0.15, 0.2) is 12.5 Å². The number of nitrogens with zero attached hydrogens (tertiary/aromatic N) is 3. The topological polar surface area (TPSA) is 72.1 Å². The highest BCUT2D eigenvalue weighted by atomic mass is 16.2. The van der Waals surface area contributed by atoms with E-state index in [0.29, 0.717) is 6.54 Å². The Hall–Kier alpha value is -1.49. The van der Waals surface area contributed by atoms with Crippen LogP contribution in [-0.2, 0) is 17.8 Å². The van der Waals surface area contributed by atoms with Crippen LogP contribution in [0, 0.1) is 5.92 Å². The van der Waals surface area contributed by atoms with Crippen LogP contribution in [0.1, 0.15) is 43.9 Å². The molecule has 0 saturated heterocycles. The number of amides is 1. The molecule has 0 spiro atoms. The van der Waals surface area contributed by atoms with Gasteiger partial charge >= 0.3 is 0 Å². The highest BCUT2D eigenvalue weighted by Crippen LogP contribution is 2.33. The van der Waals surface area contributed by atoms with Gasteiger partial charge in [0.05, 0.1) is 18.2 Å². The quantitative estimate of drug-likeness (QED) is 0.837. The van der Waals surface area contributed by atoms with Crippen molar-refractivity contribution in [2.75, 3.05) is 6.54 Å². The van der Waals surface area contributed by atoms with Crippen molar-refractivity contribution < 1.29 is 4.79 Å². The lowest BCUT2D eigenvalue weighted by Gasteiger charge is -2.40. The standard InChI is InChI=1S/C15H22N4O/c1-15(16)6-3-2-4-12(15)14(20)19-7-5-11-8-17-10-18-13(11)9-19/h8,10,12H,2-7,9,16H2,1H3. The molecule has 5 heteroatoms. The van der Waals surface area contributed by atoms with Crippen molar-refractivity contribution in [1.82, 2.24) is 14.9 Å². The van der Waals surface area contributed by atoms with Crippen LogP contribution in [0.3, 0.4) is 0 Å². The number of nitrogens with two attached hydrogens (primary N) is 1. The molecule has 2 N–H and O–H groups in total. The number of aromatic nitrogens is 2. The molecule has 1 fully saturated rings. The van der Waals surface area contributed by atoms with E-state index in [2.05, 4.69) is 9.97 Å². The smallest absolute Gasteiger partial charge is 0.227 e. The molecule has 2 unspecified atom stereocenters. The molecular formula is C15H22N4O. The zero-order valence-corrected chi connectivity index (χ0v) is 12.0. The maximum atomic E-state index is 12.8. The van der Waals surface area contributed by atoms with Crippen molar-refractivity contribution in [2.45, 2.75) is 51.1 Å². The summed E-state index contributed by atoms with van der Waals surface area (Å²) in [6, 6.07) is 0. The van der Waals surface area contributed by atoms with E-state index in [-0.39, 0.29) is 17.4 Å². The van der Waals surface area contributed by atoms with Crippen LogP contribution in [0.4, 0.5) is 0 Å². The summed E-state index contributed by atoms with van der Waals surface area (Å²) in [5.41, 5.74) is 8.13. The van der Waals surface area contributed by atoms with E-state index >= 15 is 0 Å². The molecule has 1 amide bonds. The number of fused-ring (bicyclic) bond motifs is 1. The van der Waals surface area contributed by atoms with Gasteiger partial charge in [-0.25, -0.2) is 9.97 Å². The van der Waals surface area contributed by atoms with Crippen molar-refractivity contribution in [1.29, 1.82) is 0 Å². The summed E-state index contributed by atoms with van der Waals surface area (Å²) >= 11 is 0. The fraction of sp³-hybridized carbons (Fsp3) is 0.667. The Bertz CT molecular complexity index is 514. The van der Waals surface area contributed by atoms with Crippen molar-refractivity contribution >= 4 is 5.91 Å². The molecule has 0 bridgehead atoms. The number of hydrogen-bond acceptors (Lipinski definition) is 4. The first-order valence-electron chi connectivity index (χ1n) is 7.43.